The van der Waals surface area contributed by atoms with Crippen molar-refractivity contribution >= 4 is 11.9 Å². The standard InChI is InChI=1S/C10H9NO3/c12-9-6-7(10(13)14-9)5-8-3-1-2-4-11-8/h1-4,7H,5-6H2. The molecule has 4 heteroatoms. The van der Waals surface area contributed by atoms with E-state index in [2.05, 4.69) is 9.72 Å². The molecule has 1 aliphatic rings. The van der Waals surface area contributed by atoms with Crippen molar-refractivity contribution in [1.29, 1.82) is 0 Å². The fourth-order valence-electron chi connectivity index (χ4n) is 1.45. The van der Waals surface area contributed by atoms with Crippen molar-refractivity contribution in [1.82, 2.24) is 4.98 Å². The fourth-order valence-corrected chi connectivity index (χ4v) is 1.45. The van der Waals surface area contributed by atoms with E-state index in [0.717, 1.165) is 5.69 Å². The Morgan fingerprint density at radius 2 is 2.29 bits per heavy atom. The second kappa shape index (κ2) is 3.57. The zero-order valence-corrected chi connectivity index (χ0v) is 7.47. The molecule has 0 bridgehead atoms. The van der Waals surface area contributed by atoms with Gasteiger partial charge < -0.3 is 4.74 Å². The summed E-state index contributed by atoms with van der Waals surface area (Å²) >= 11 is 0. The van der Waals surface area contributed by atoms with Crippen LogP contribution in [0.2, 0.25) is 0 Å². The predicted octanol–water partition coefficient (Wildman–Crippen LogP) is 0.714. The Kier molecular flexibility index (Phi) is 2.26. The third-order valence-corrected chi connectivity index (χ3v) is 2.14. The van der Waals surface area contributed by atoms with Crippen molar-refractivity contribution in [3.63, 3.8) is 0 Å². The van der Waals surface area contributed by atoms with Crippen molar-refractivity contribution in [2.45, 2.75) is 12.8 Å². The van der Waals surface area contributed by atoms with E-state index >= 15 is 0 Å². The molecule has 0 N–H and O–H groups in total. The van der Waals surface area contributed by atoms with E-state index in [4.69, 9.17) is 0 Å². The lowest BCUT2D eigenvalue weighted by Crippen LogP contribution is -2.11. The number of carbonyl (C=O) groups excluding carboxylic acids is 2. The molecule has 1 aromatic heterocycles. The van der Waals surface area contributed by atoms with E-state index in [1.807, 2.05) is 18.2 Å². The van der Waals surface area contributed by atoms with Crippen molar-refractivity contribution in [2.24, 2.45) is 5.92 Å². The van der Waals surface area contributed by atoms with Crippen LogP contribution in [0, 0.1) is 5.92 Å². The summed E-state index contributed by atoms with van der Waals surface area (Å²) < 4.78 is 4.44. The molecule has 0 aliphatic carbocycles. The van der Waals surface area contributed by atoms with Crippen molar-refractivity contribution in [3.8, 4) is 0 Å². The largest absolute Gasteiger partial charge is 0.393 e. The van der Waals surface area contributed by atoms with Crippen LogP contribution in [0.1, 0.15) is 12.1 Å². The number of cyclic esters (lactones) is 2. The summed E-state index contributed by atoms with van der Waals surface area (Å²) in [5, 5.41) is 0. The minimum Gasteiger partial charge on any atom is -0.393 e. The maximum absolute atomic E-state index is 11.1. The van der Waals surface area contributed by atoms with Gasteiger partial charge >= 0.3 is 11.9 Å². The van der Waals surface area contributed by atoms with Gasteiger partial charge in [0.25, 0.3) is 0 Å². The van der Waals surface area contributed by atoms with Crippen molar-refractivity contribution in [2.75, 3.05) is 0 Å². The van der Waals surface area contributed by atoms with Crippen LogP contribution in [-0.2, 0) is 20.7 Å². The number of ether oxygens (including phenoxy) is 1. The predicted molar refractivity (Wildman–Crippen MR) is 47.1 cm³/mol. The number of pyridine rings is 1. The van der Waals surface area contributed by atoms with E-state index in [1.54, 1.807) is 6.20 Å². The normalized spacial score (nSPS) is 21.0. The van der Waals surface area contributed by atoms with E-state index in [9.17, 15) is 9.59 Å². The highest BCUT2D eigenvalue weighted by Gasteiger charge is 2.33. The first-order valence-corrected chi connectivity index (χ1v) is 4.40. The molecule has 1 fully saturated rings. The van der Waals surface area contributed by atoms with Crippen LogP contribution >= 0.6 is 0 Å². The molecule has 1 aliphatic heterocycles. The molecule has 1 atom stereocenters. The van der Waals surface area contributed by atoms with Crippen LogP contribution in [0.4, 0.5) is 0 Å². The van der Waals surface area contributed by atoms with E-state index in [-0.39, 0.29) is 12.3 Å². The van der Waals surface area contributed by atoms with Crippen LogP contribution in [0.25, 0.3) is 0 Å². The zero-order valence-electron chi connectivity index (χ0n) is 7.47. The molecule has 4 nitrogen and oxygen atoms in total. The summed E-state index contributed by atoms with van der Waals surface area (Å²) in [4.78, 5) is 26.0. The van der Waals surface area contributed by atoms with E-state index in [0.29, 0.717) is 6.42 Å². The highest BCUT2D eigenvalue weighted by Crippen LogP contribution is 2.19. The summed E-state index contributed by atoms with van der Waals surface area (Å²) in [6.45, 7) is 0. The molecule has 2 heterocycles. The number of aromatic nitrogens is 1. The summed E-state index contributed by atoms with van der Waals surface area (Å²) in [6, 6.07) is 5.49. The Labute approximate surface area is 80.9 Å². The molecule has 14 heavy (non-hydrogen) atoms. The van der Waals surface area contributed by atoms with Gasteiger partial charge in [-0.15, -0.1) is 0 Å². The van der Waals surface area contributed by atoms with Gasteiger partial charge in [-0.05, 0) is 12.1 Å². The van der Waals surface area contributed by atoms with Gasteiger partial charge in [-0.25, -0.2) is 0 Å². The number of carbonyl (C=O) groups is 2. The van der Waals surface area contributed by atoms with Crippen molar-refractivity contribution in [3.05, 3.63) is 30.1 Å². The van der Waals surface area contributed by atoms with Crippen LogP contribution in [0.15, 0.2) is 24.4 Å². The Balaban J connectivity index is 2.05. The average Bonchev–Trinajstić information content (AvgIpc) is 2.47. The molecule has 0 aromatic carbocycles. The number of rotatable bonds is 2. The van der Waals surface area contributed by atoms with Gasteiger partial charge in [0.2, 0.25) is 0 Å². The quantitative estimate of drug-likeness (QED) is 0.510. The molecule has 0 saturated carbocycles. The molecular formula is C10H9NO3. The van der Waals surface area contributed by atoms with Crippen LogP contribution in [0.5, 0.6) is 0 Å². The smallest absolute Gasteiger partial charge is 0.317 e. The van der Waals surface area contributed by atoms with Crippen LogP contribution in [0.3, 0.4) is 0 Å². The molecule has 1 aromatic rings. The molecule has 1 unspecified atom stereocenters. The third kappa shape index (κ3) is 1.79. The third-order valence-electron chi connectivity index (χ3n) is 2.14. The number of hydrogen-bond donors (Lipinski definition) is 0. The molecular weight excluding hydrogens is 182 g/mol. The first-order chi connectivity index (χ1) is 6.75. The Hall–Kier alpha value is -1.71. The molecule has 1 saturated heterocycles. The molecule has 0 spiro atoms. The Morgan fingerprint density at radius 3 is 2.86 bits per heavy atom. The second-order valence-electron chi connectivity index (χ2n) is 3.22. The maximum Gasteiger partial charge on any atom is 0.317 e. The Morgan fingerprint density at radius 1 is 1.43 bits per heavy atom. The van der Waals surface area contributed by atoms with Gasteiger partial charge in [0.05, 0.1) is 12.3 Å². The van der Waals surface area contributed by atoms with Crippen LogP contribution in [-0.4, -0.2) is 16.9 Å². The average molecular weight is 191 g/mol. The number of nitrogens with zero attached hydrogens (tertiary/aromatic N) is 1. The molecule has 0 radical (unpaired) electrons. The van der Waals surface area contributed by atoms with E-state index < -0.39 is 11.9 Å². The first kappa shape index (κ1) is 8.87. The van der Waals surface area contributed by atoms with Gasteiger partial charge in [0.1, 0.15) is 0 Å². The van der Waals surface area contributed by atoms with Gasteiger partial charge in [-0.3, -0.25) is 14.6 Å². The molecule has 0 amide bonds. The van der Waals surface area contributed by atoms with Gasteiger partial charge in [0, 0.05) is 18.3 Å². The maximum atomic E-state index is 11.1. The Bertz CT molecular complexity index is 361. The van der Waals surface area contributed by atoms with Gasteiger partial charge in [0.15, 0.2) is 0 Å². The highest BCUT2D eigenvalue weighted by atomic mass is 16.6. The lowest BCUT2D eigenvalue weighted by atomic mass is 10.0. The summed E-state index contributed by atoms with van der Waals surface area (Å²) in [7, 11) is 0. The topological polar surface area (TPSA) is 56.3 Å². The number of hydrogen-bond acceptors (Lipinski definition) is 4. The van der Waals surface area contributed by atoms with Gasteiger partial charge in [-0.2, -0.15) is 0 Å². The molecule has 2 rings (SSSR count). The SMILES string of the molecule is O=C1CC(Cc2ccccn2)C(=O)O1. The lowest BCUT2D eigenvalue weighted by molar-refractivity contribution is -0.153. The minimum atomic E-state index is -0.434. The first-order valence-electron chi connectivity index (χ1n) is 4.40. The fraction of sp³-hybridized carbons (Fsp3) is 0.300. The van der Waals surface area contributed by atoms with Crippen LogP contribution < -0.4 is 0 Å². The van der Waals surface area contributed by atoms with Crippen molar-refractivity contribution < 1.29 is 14.3 Å². The summed E-state index contributed by atoms with van der Waals surface area (Å²) in [5.74, 6) is -1.21. The number of esters is 2. The summed E-state index contributed by atoms with van der Waals surface area (Å²) in [6.07, 6.45) is 2.32. The lowest BCUT2D eigenvalue weighted by Gasteiger charge is -2.02. The van der Waals surface area contributed by atoms with Gasteiger partial charge in [-0.1, -0.05) is 6.07 Å². The van der Waals surface area contributed by atoms with E-state index in [1.165, 1.54) is 0 Å². The monoisotopic (exact) mass is 191 g/mol. The minimum absolute atomic E-state index is 0.176. The summed E-state index contributed by atoms with van der Waals surface area (Å²) in [5.41, 5.74) is 0.809. The second-order valence-corrected chi connectivity index (χ2v) is 3.22. The highest BCUT2D eigenvalue weighted by molar-refractivity contribution is 5.94. The molecule has 72 valence electrons. The zero-order chi connectivity index (χ0) is 9.97.